The lowest BCUT2D eigenvalue weighted by molar-refractivity contribution is 0.296. The van der Waals surface area contributed by atoms with E-state index in [0.29, 0.717) is 28.2 Å². The summed E-state index contributed by atoms with van der Waals surface area (Å²) < 4.78 is 23.8. The van der Waals surface area contributed by atoms with E-state index >= 15 is 0 Å². The summed E-state index contributed by atoms with van der Waals surface area (Å²) in [6.45, 7) is -1.26. The van der Waals surface area contributed by atoms with Gasteiger partial charge in [0.15, 0.2) is 0 Å². The molecule has 2 rings (SSSR count). The normalized spacial score (nSPS) is 13.5. The van der Waals surface area contributed by atoms with Crippen LogP contribution in [0.3, 0.4) is 0 Å². The maximum absolute atomic E-state index is 12.8. The lowest BCUT2D eigenvalue weighted by Gasteiger charge is -2.18. The van der Waals surface area contributed by atoms with Crippen LogP contribution in [0.15, 0.2) is 48.5 Å². The first-order valence-electron chi connectivity index (χ1n) is 7.10. The number of rotatable bonds is 8. The number of hydrogen-bond donors (Lipinski definition) is 0. The Morgan fingerprint density at radius 2 is 1.87 bits per heavy atom. The van der Waals surface area contributed by atoms with Crippen molar-refractivity contribution in [2.75, 3.05) is 12.4 Å². The van der Waals surface area contributed by atoms with Gasteiger partial charge in [-0.15, -0.1) is 0 Å². The van der Waals surface area contributed by atoms with Crippen molar-refractivity contribution < 1.29 is 13.6 Å². The predicted molar refractivity (Wildman–Crippen MR) is 98.9 cm³/mol. The Balaban J connectivity index is 2.01. The van der Waals surface area contributed by atoms with Crippen LogP contribution >= 0.6 is 41.4 Å². The van der Waals surface area contributed by atoms with Crippen LogP contribution in [-0.2, 0) is 15.5 Å². The summed E-state index contributed by atoms with van der Waals surface area (Å²) in [6.07, 6.45) is 0.778. The minimum Gasteiger partial charge on any atom is -0.415 e. The summed E-state index contributed by atoms with van der Waals surface area (Å²) >= 11 is 13.1. The van der Waals surface area contributed by atoms with Gasteiger partial charge in [-0.2, -0.15) is 0 Å². The summed E-state index contributed by atoms with van der Waals surface area (Å²) in [5.74, 6) is 0.923. The van der Waals surface area contributed by atoms with Crippen molar-refractivity contribution in [1.29, 1.82) is 0 Å². The van der Waals surface area contributed by atoms with Crippen LogP contribution in [0.2, 0.25) is 10.0 Å². The molecule has 0 aliphatic carbocycles. The van der Waals surface area contributed by atoms with Gasteiger partial charge in [0.1, 0.15) is 5.75 Å². The quantitative estimate of drug-likeness (QED) is 0.482. The zero-order chi connectivity index (χ0) is 16.7. The highest BCUT2D eigenvalue weighted by molar-refractivity contribution is 8.55. The number of benzene rings is 2. The largest absolute Gasteiger partial charge is 0.440 e. The smallest absolute Gasteiger partial charge is 0.415 e. The number of halogens is 2. The van der Waals surface area contributed by atoms with Gasteiger partial charge in [0.05, 0.1) is 11.6 Å². The van der Waals surface area contributed by atoms with E-state index in [1.54, 1.807) is 25.1 Å². The second-order valence-corrected chi connectivity index (χ2v) is 9.56. The Morgan fingerprint density at radius 3 is 2.52 bits per heavy atom. The molecule has 0 spiro atoms. The number of aryl methyl sites for hydroxylation is 1. The first kappa shape index (κ1) is 18.7. The molecule has 124 valence electrons. The van der Waals surface area contributed by atoms with Crippen LogP contribution in [0.25, 0.3) is 0 Å². The van der Waals surface area contributed by atoms with E-state index < -0.39 is 6.80 Å². The molecule has 1 atom stereocenters. The van der Waals surface area contributed by atoms with Crippen LogP contribution in [0.4, 0.5) is 0 Å². The van der Waals surface area contributed by atoms with Crippen molar-refractivity contribution in [2.45, 2.75) is 13.3 Å². The number of hydrogen-bond acceptors (Lipinski definition) is 4. The van der Waals surface area contributed by atoms with Crippen LogP contribution in [-0.4, -0.2) is 12.4 Å². The lowest BCUT2D eigenvalue weighted by Crippen LogP contribution is -1.98. The van der Waals surface area contributed by atoms with Gasteiger partial charge in [0, 0.05) is 10.8 Å². The SMILES string of the molecule is CCOP(=O)(Oc1ccc(Cl)cc1Cl)SCCc1ccccc1. The van der Waals surface area contributed by atoms with Crippen molar-refractivity contribution in [3.05, 3.63) is 64.1 Å². The molecule has 1 unspecified atom stereocenters. The lowest BCUT2D eigenvalue weighted by atomic mass is 10.2. The van der Waals surface area contributed by atoms with E-state index in [-0.39, 0.29) is 0 Å². The maximum atomic E-state index is 12.8. The van der Waals surface area contributed by atoms with Crippen molar-refractivity contribution >= 4 is 41.4 Å². The third kappa shape index (κ3) is 6.06. The van der Waals surface area contributed by atoms with E-state index in [1.807, 2.05) is 30.3 Å². The molecule has 0 saturated heterocycles. The van der Waals surface area contributed by atoms with Crippen molar-refractivity contribution in [3.63, 3.8) is 0 Å². The van der Waals surface area contributed by atoms with E-state index in [9.17, 15) is 4.57 Å². The molecule has 0 aromatic heterocycles. The van der Waals surface area contributed by atoms with Gasteiger partial charge in [-0.05, 0) is 48.5 Å². The monoisotopic (exact) mass is 390 g/mol. The molecule has 0 fully saturated rings. The third-order valence-electron chi connectivity index (χ3n) is 2.87. The van der Waals surface area contributed by atoms with E-state index in [1.165, 1.54) is 16.9 Å². The average molecular weight is 391 g/mol. The minimum atomic E-state index is -3.33. The topological polar surface area (TPSA) is 35.5 Å². The maximum Gasteiger partial charge on any atom is 0.440 e. The molecule has 0 radical (unpaired) electrons. The molecule has 2 aromatic rings. The van der Waals surface area contributed by atoms with Crippen LogP contribution < -0.4 is 4.52 Å². The molecule has 0 saturated carbocycles. The molecule has 0 aliphatic heterocycles. The van der Waals surface area contributed by atoms with E-state index in [0.717, 1.165) is 6.42 Å². The standard InChI is InChI=1S/C16H17Cl2O3PS/c1-2-20-22(19,21-16-9-8-14(17)12-15(16)18)23-11-10-13-6-4-3-5-7-13/h3-9,12H,2,10-11H2,1H3. The van der Waals surface area contributed by atoms with Crippen molar-refractivity contribution in [3.8, 4) is 5.75 Å². The third-order valence-corrected chi connectivity index (χ3v) is 7.14. The fourth-order valence-corrected chi connectivity index (χ4v) is 5.67. The Labute approximate surface area is 150 Å². The fraction of sp³-hybridized carbons (Fsp3) is 0.250. The molecule has 3 nitrogen and oxygen atoms in total. The molecular formula is C16H17Cl2O3PS. The van der Waals surface area contributed by atoms with Crippen molar-refractivity contribution in [2.24, 2.45) is 0 Å². The Bertz CT molecular complexity index is 682. The zero-order valence-electron chi connectivity index (χ0n) is 12.6. The average Bonchev–Trinajstić information content (AvgIpc) is 2.51. The molecule has 2 aromatic carbocycles. The highest BCUT2D eigenvalue weighted by Crippen LogP contribution is 2.60. The Kier molecular flexibility index (Phi) is 7.32. The summed E-state index contributed by atoms with van der Waals surface area (Å²) in [5.41, 5.74) is 1.17. The molecule has 23 heavy (non-hydrogen) atoms. The molecule has 0 aliphatic rings. The Morgan fingerprint density at radius 1 is 1.13 bits per heavy atom. The second kappa shape index (κ2) is 9.00. The molecule has 7 heteroatoms. The van der Waals surface area contributed by atoms with E-state index in [4.69, 9.17) is 32.2 Å². The summed E-state index contributed by atoms with van der Waals surface area (Å²) in [7, 11) is 0. The van der Waals surface area contributed by atoms with Gasteiger partial charge in [0.2, 0.25) is 0 Å². The van der Waals surface area contributed by atoms with Gasteiger partial charge >= 0.3 is 6.80 Å². The van der Waals surface area contributed by atoms with Gasteiger partial charge in [-0.3, -0.25) is 4.52 Å². The zero-order valence-corrected chi connectivity index (χ0v) is 15.8. The van der Waals surface area contributed by atoms with Gasteiger partial charge < -0.3 is 4.52 Å². The van der Waals surface area contributed by atoms with Gasteiger partial charge in [-0.25, -0.2) is 4.57 Å². The summed E-state index contributed by atoms with van der Waals surface area (Å²) in [4.78, 5) is 0. The van der Waals surface area contributed by atoms with Gasteiger partial charge in [-0.1, -0.05) is 53.5 Å². The second-order valence-electron chi connectivity index (χ2n) is 4.60. The van der Waals surface area contributed by atoms with Crippen LogP contribution in [0.5, 0.6) is 5.75 Å². The molecule has 0 N–H and O–H groups in total. The predicted octanol–water partition coefficient (Wildman–Crippen LogP) is 6.49. The van der Waals surface area contributed by atoms with Crippen LogP contribution in [0.1, 0.15) is 12.5 Å². The first-order valence-corrected chi connectivity index (χ1v) is 11.0. The van der Waals surface area contributed by atoms with Crippen molar-refractivity contribution in [1.82, 2.24) is 0 Å². The molecular weight excluding hydrogens is 374 g/mol. The minimum absolute atomic E-state index is 0.292. The molecule has 0 heterocycles. The van der Waals surface area contributed by atoms with E-state index in [2.05, 4.69) is 0 Å². The van der Waals surface area contributed by atoms with Crippen LogP contribution in [0, 0.1) is 0 Å². The highest BCUT2D eigenvalue weighted by atomic mass is 35.5. The Hall–Kier alpha value is -0.640. The summed E-state index contributed by atoms with van der Waals surface area (Å²) in [5, 5.41) is 0.798. The first-order chi connectivity index (χ1) is 11.0. The molecule has 0 amide bonds. The molecule has 0 bridgehead atoms. The van der Waals surface area contributed by atoms with Gasteiger partial charge in [0.25, 0.3) is 0 Å². The summed E-state index contributed by atoms with van der Waals surface area (Å²) in [6, 6.07) is 14.8. The highest BCUT2D eigenvalue weighted by Gasteiger charge is 2.27. The fourth-order valence-electron chi connectivity index (χ4n) is 1.84.